The molecule has 7 heteroatoms. The maximum Gasteiger partial charge on any atom is 0.315 e. The van der Waals surface area contributed by atoms with Gasteiger partial charge in [0.25, 0.3) is 5.91 Å². The first-order chi connectivity index (χ1) is 13.5. The van der Waals surface area contributed by atoms with Crippen molar-refractivity contribution in [3.8, 4) is 0 Å². The van der Waals surface area contributed by atoms with Crippen molar-refractivity contribution >= 4 is 33.6 Å². The minimum absolute atomic E-state index is 0.130. The number of carbonyl (C=O) groups excluding carboxylic acids is 2. The van der Waals surface area contributed by atoms with Gasteiger partial charge < -0.3 is 20.4 Å². The van der Waals surface area contributed by atoms with Gasteiger partial charge in [0.15, 0.2) is 5.76 Å². The van der Waals surface area contributed by atoms with Gasteiger partial charge in [-0.3, -0.25) is 4.79 Å². The summed E-state index contributed by atoms with van der Waals surface area (Å²) in [7, 11) is 0. The Balaban J connectivity index is 1.48. The van der Waals surface area contributed by atoms with E-state index in [0.29, 0.717) is 12.2 Å². The van der Waals surface area contributed by atoms with Crippen molar-refractivity contribution in [3.63, 3.8) is 0 Å². The monoisotopic (exact) mass is 441 g/mol. The highest BCUT2D eigenvalue weighted by Gasteiger charge is 2.12. The molecule has 3 N–H and O–H groups in total. The Kier molecular flexibility index (Phi) is 6.49. The third-order valence-electron chi connectivity index (χ3n) is 4.13. The summed E-state index contributed by atoms with van der Waals surface area (Å²) in [6.07, 6.45) is 1.45. The predicted octanol–water partition coefficient (Wildman–Crippen LogP) is 4.85. The van der Waals surface area contributed by atoms with Crippen molar-refractivity contribution in [1.29, 1.82) is 0 Å². The number of furan rings is 1. The van der Waals surface area contributed by atoms with Crippen LogP contribution in [0.5, 0.6) is 0 Å². The number of carbonyl (C=O) groups is 2. The Hall–Kier alpha value is -3.06. The molecule has 0 aliphatic heterocycles. The number of rotatable bonds is 6. The van der Waals surface area contributed by atoms with Crippen molar-refractivity contribution < 1.29 is 14.0 Å². The molecular weight excluding hydrogens is 422 g/mol. The average Bonchev–Trinajstić information content (AvgIpc) is 3.23. The summed E-state index contributed by atoms with van der Waals surface area (Å²) in [6.45, 7) is 2.30. The zero-order chi connectivity index (χ0) is 19.9. The molecule has 1 aromatic heterocycles. The van der Waals surface area contributed by atoms with Crippen molar-refractivity contribution in [1.82, 2.24) is 10.6 Å². The molecule has 1 unspecified atom stereocenters. The first-order valence-corrected chi connectivity index (χ1v) is 9.55. The van der Waals surface area contributed by atoms with Gasteiger partial charge in [0.1, 0.15) is 0 Å². The van der Waals surface area contributed by atoms with Gasteiger partial charge in [-0.2, -0.15) is 0 Å². The Morgan fingerprint density at radius 1 is 1.04 bits per heavy atom. The molecule has 144 valence electrons. The van der Waals surface area contributed by atoms with Crippen LogP contribution in [0.3, 0.4) is 0 Å². The number of amides is 3. The zero-order valence-electron chi connectivity index (χ0n) is 15.2. The van der Waals surface area contributed by atoms with Crippen molar-refractivity contribution in [2.24, 2.45) is 0 Å². The molecule has 3 amide bonds. The molecule has 2 aromatic carbocycles. The van der Waals surface area contributed by atoms with Crippen LogP contribution < -0.4 is 16.0 Å². The van der Waals surface area contributed by atoms with Gasteiger partial charge in [-0.1, -0.05) is 46.3 Å². The molecule has 6 nitrogen and oxygen atoms in total. The second kappa shape index (κ2) is 9.23. The van der Waals surface area contributed by atoms with Crippen molar-refractivity contribution in [3.05, 3.63) is 88.3 Å². The number of anilines is 1. The number of hydrogen-bond acceptors (Lipinski definition) is 3. The summed E-state index contributed by atoms with van der Waals surface area (Å²) < 4.78 is 6.01. The van der Waals surface area contributed by atoms with Gasteiger partial charge in [0.05, 0.1) is 12.3 Å². The highest BCUT2D eigenvalue weighted by atomic mass is 79.9. The lowest BCUT2D eigenvalue weighted by atomic mass is 10.1. The molecule has 0 radical (unpaired) electrons. The Morgan fingerprint density at radius 3 is 2.46 bits per heavy atom. The number of hydrogen-bond donors (Lipinski definition) is 3. The van der Waals surface area contributed by atoms with Crippen LogP contribution >= 0.6 is 15.9 Å². The minimum atomic E-state index is -0.309. The SMILES string of the molecule is CC(NC(=O)NCc1ccc(NC(=O)c2ccco2)cc1)c1ccccc1Br. The highest BCUT2D eigenvalue weighted by molar-refractivity contribution is 9.10. The smallest absolute Gasteiger partial charge is 0.315 e. The van der Waals surface area contributed by atoms with Crippen LogP contribution in [0.2, 0.25) is 0 Å². The Morgan fingerprint density at radius 2 is 1.79 bits per heavy atom. The average molecular weight is 442 g/mol. The van der Waals surface area contributed by atoms with E-state index in [0.717, 1.165) is 15.6 Å². The predicted molar refractivity (Wildman–Crippen MR) is 111 cm³/mol. The van der Waals surface area contributed by atoms with E-state index in [1.165, 1.54) is 6.26 Å². The van der Waals surface area contributed by atoms with Gasteiger partial charge in [0.2, 0.25) is 0 Å². The molecule has 1 atom stereocenters. The maximum atomic E-state index is 12.2. The third-order valence-corrected chi connectivity index (χ3v) is 4.85. The van der Waals surface area contributed by atoms with E-state index in [4.69, 9.17) is 4.42 Å². The van der Waals surface area contributed by atoms with Gasteiger partial charge >= 0.3 is 6.03 Å². The molecule has 28 heavy (non-hydrogen) atoms. The maximum absolute atomic E-state index is 12.2. The number of halogens is 1. The van der Waals surface area contributed by atoms with Gasteiger partial charge in [-0.05, 0) is 48.4 Å². The van der Waals surface area contributed by atoms with Crippen LogP contribution in [-0.2, 0) is 6.54 Å². The minimum Gasteiger partial charge on any atom is -0.459 e. The van der Waals surface area contributed by atoms with E-state index in [2.05, 4.69) is 31.9 Å². The number of benzene rings is 2. The van der Waals surface area contributed by atoms with Crippen LogP contribution in [0, 0.1) is 0 Å². The summed E-state index contributed by atoms with van der Waals surface area (Å²) >= 11 is 3.49. The van der Waals surface area contributed by atoms with E-state index in [1.807, 2.05) is 43.3 Å². The normalized spacial score (nSPS) is 11.5. The molecule has 0 fully saturated rings. The molecule has 0 aliphatic carbocycles. The van der Waals surface area contributed by atoms with Crippen LogP contribution in [0.15, 0.2) is 75.8 Å². The topological polar surface area (TPSA) is 83.4 Å². The second-order valence-corrected chi connectivity index (χ2v) is 7.05. The van der Waals surface area contributed by atoms with Crippen molar-refractivity contribution in [2.75, 3.05) is 5.32 Å². The van der Waals surface area contributed by atoms with E-state index >= 15 is 0 Å². The van der Waals surface area contributed by atoms with Crippen LogP contribution in [0.4, 0.5) is 10.5 Å². The summed E-state index contributed by atoms with van der Waals surface area (Å²) in [5.74, 6) is -0.0575. The van der Waals surface area contributed by atoms with Crippen LogP contribution in [0.1, 0.15) is 34.6 Å². The lowest BCUT2D eigenvalue weighted by Crippen LogP contribution is -2.36. The second-order valence-electron chi connectivity index (χ2n) is 6.20. The lowest BCUT2D eigenvalue weighted by molar-refractivity contribution is 0.0996. The van der Waals surface area contributed by atoms with Crippen molar-refractivity contribution in [2.45, 2.75) is 19.5 Å². The first-order valence-electron chi connectivity index (χ1n) is 8.75. The molecule has 0 spiro atoms. The molecule has 0 bridgehead atoms. The van der Waals surface area contributed by atoms with E-state index in [1.54, 1.807) is 24.3 Å². The molecule has 3 rings (SSSR count). The van der Waals surface area contributed by atoms with Crippen LogP contribution in [0.25, 0.3) is 0 Å². The van der Waals surface area contributed by atoms with E-state index in [9.17, 15) is 9.59 Å². The van der Waals surface area contributed by atoms with Gasteiger partial charge in [0, 0.05) is 16.7 Å². The number of nitrogens with one attached hydrogen (secondary N) is 3. The fourth-order valence-corrected chi connectivity index (χ4v) is 3.27. The summed E-state index contributed by atoms with van der Waals surface area (Å²) in [4.78, 5) is 24.1. The van der Waals surface area contributed by atoms with E-state index < -0.39 is 0 Å². The van der Waals surface area contributed by atoms with Crippen LogP contribution in [-0.4, -0.2) is 11.9 Å². The first kappa shape index (κ1) is 19.7. The molecular formula is C21H20BrN3O3. The Labute approximate surface area is 171 Å². The standard InChI is InChI=1S/C21H20BrN3O3/c1-14(17-5-2-3-6-18(17)22)24-21(27)23-13-15-8-10-16(11-9-15)25-20(26)19-7-4-12-28-19/h2-12,14H,13H2,1H3,(H,25,26)(H2,23,24,27). The Bertz CT molecular complexity index is 940. The quantitative estimate of drug-likeness (QED) is 0.510. The van der Waals surface area contributed by atoms with Gasteiger partial charge in [-0.15, -0.1) is 0 Å². The molecule has 0 saturated heterocycles. The number of urea groups is 1. The third kappa shape index (κ3) is 5.23. The molecule has 3 aromatic rings. The summed E-state index contributed by atoms with van der Waals surface area (Å²) in [5, 5.41) is 8.50. The summed E-state index contributed by atoms with van der Waals surface area (Å²) in [6, 6.07) is 17.9. The molecule has 0 aliphatic rings. The fourth-order valence-electron chi connectivity index (χ4n) is 2.64. The highest BCUT2D eigenvalue weighted by Crippen LogP contribution is 2.22. The van der Waals surface area contributed by atoms with Gasteiger partial charge in [-0.25, -0.2) is 4.79 Å². The largest absolute Gasteiger partial charge is 0.459 e. The fraction of sp³-hybridized carbons (Fsp3) is 0.143. The molecule has 1 heterocycles. The van der Waals surface area contributed by atoms with E-state index in [-0.39, 0.29) is 23.7 Å². The summed E-state index contributed by atoms with van der Waals surface area (Å²) in [5.41, 5.74) is 2.58. The molecule has 0 saturated carbocycles. The zero-order valence-corrected chi connectivity index (χ0v) is 16.8. The lowest BCUT2D eigenvalue weighted by Gasteiger charge is -2.16.